The predicted octanol–water partition coefficient (Wildman–Crippen LogP) is 2.69. The van der Waals surface area contributed by atoms with Crippen LogP contribution in [0.2, 0.25) is 0 Å². The number of hydrogen-bond donors (Lipinski definition) is 2. The number of fused-ring (bicyclic) bond motifs is 1. The van der Waals surface area contributed by atoms with Crippen molar-refractivity contribution < 1.29 is 4.74 Å². The molecule has 1 aliphatic heterocycles. The van der Waals surface area contributed by atoms with E-state index in [0.29, 0.717) is 12.4 Å². The fourth-order valence-electron chi connectivity index (χ4n) is 3.99. The van der Waals surface area contributed by atoms with Gasteiger partial charge in [-0.1, -0.05) is 42.5 Å². The number of aliphatic imine (C=N–C) groups is 1. The van der Waals surface area contributed by atoms with E-state index in [2.05, 4.69) is 63.7 Å². The molecule has 1 aliphatic carbocycles. The van der Waals surface area contributed by atoms with Gasteiger partial charge in [0.2, 0.25) is 0 Å². The first kappa shape index (κ1) is 17.8. The molecule has 0 saturated carbocycles. The predicted molar refractivity (Wildman–Crippen MR) is 109 cm³/mol. The Balaban J connectivity index is 1.51. The Hall–Kier alpha value is -2.63. The molecule has 4 rings (SSSR count). The Bertz CT molecular complexity index is 889. The molecule has 2 aliphatic rings. The van der Waals surface area contributed by atoms with Crippen LogP contribution in [0.25, 0.3) is 5.70 Å². The summed E-state index contributed by atoms with van der Waals surface area (Å²) in [5, 5.41) is 3.70. The van der Waals surface area contributed by atoms with Gasteiger partial charge in [0.15, 0.2) is 0 Å². The number of hydrogen-bond acceptors (Lipinski definition) is 5. The molecule has 2 aromatic rings. The molecule has 140 valence electrons. The molecule has 27 heavy (non-hydrogen) atoms. The summed E-state index contributed by atoms with van der Waals surface area (Å²) in [6.07, 6.45) is 2.98. The highest BCUT2D eigenvalue weighted by Crippen LogP contribution is 2.33. The van der Waals surface area contributed by atoms with E-state index >= 15 is 0 Å². The van der Waals surface area contributed by atoms with E-state index in [1.165, 1.54) is 16.7 Å². The molecule has 0 unspecified atom stereocenters. The van der Waals surface area contributed by atoms with E-state index in [0.717, 1.165) is 24.2 Å². The highest BCUT2D eigenvalue weighted by molar-refractivity contribution is 5.87. The third-order valence-electron chi connectivity index (χ3n) is 5.40. The summed E-state index contributed by atoms with van der Waals surface area (Å²) < 4.78 is 5.73. The summed E-state index contributed by atoms with van der Waals surface area (Å²) in [5.74, 6) is 0.643. The maximum atomic E-state index is 5.82. The average Bonchev–Trinajstić information content (AvgIpc) is 3.04. The van der Waals surface area contributed by atoms with Gasteiger partial charge in [-0.25, -0.2) is 4.99 Å². The van der Waals surface area contributed by atoms with Gasteiger partial charge in [-0.15, -0.1) is 0 Å². The molecule has 2 atom stereocenters. The molecular formula is C22H26N4O. The number of likely N-dealkylation sites (N-methyl/N-ethyl adjacent to an activating group) is 1. The standard InChI is InChI=1S/C22H26N4O/c1-26-14-21(23)24-13-19(26)17-8-5-6-15(10-17)12-25-22-18-9-4-3-7-16(18)11-20(22)27-2/h3-10,13,20,22,25H,11-12,14H2,1-2H3,(H2,23,24)/t20-,22+/m1/s1. The van der Waals surface area contributed by atoms with E-state index in [1.807, 2.05) is 13.2 Å². The average molecular weight is 362 g/mol. The van der Waals surface area contributed by atoms with Gasteiger partial charge < -0.3 is 20.7 Å². The highest BCUT2D eigenvalue weighted by Gasteiger charge is 2.31. The fraction of sp³-hybridized carbons (Fsp3) is 0.318. The quantitative estimate of drug-likeness (QED) is 0.858. The summed E-state index contributed by atoms with van der Waals surface area (Å²) >= 11 is 0. The highest BCUT2D eigenvalue weighted by atomic mass is 16.5. The Morgan fingerprint density at radius 2 is 2.07 bits per heavy atom. The number of nitrogens with one attached hydrogen (secondary N) is 1. The second kappa shape index (κ2) is 7.55. The molecule has 0 saturated heterocycles. The van der Waals surface area contributed by atoms with E-state index in [1.54, 1.807) is 7.11 Å². The van der Waals surface area contributed by atoms with Crippen LogP contribution in [0.1, 0.15) is 28.3 Å². The molecule has 0 bridgehead atoms. The van der Waals surface area contributed by atoms with Crippen molar-refractivity contribution in [1.29, 1.82) is 0 Å². The number of rotatable bonds is 5. The van der Waals surface area contributed by atoms with Crippen LogP contribution in [0, 0.1) is 0 Å². The van der Waals surface area contributed by atoms with Crippen LogP contribution in [0.3, 0.4) is 0 Å². The molecule has 2 aromatic carbocycles. The van der Waals surface area contributed by atoms with E-state index in [4.69, 9.17) is 10.5 Å². The summed E-state index contributed by atoms with van der Waals surface area (Å²) in [5.41, 5.74) is 12.0. The molecule has 3 N–H and O–H groups in total. The Morgan fingerprint density at radius 3 is 2.89 bits per heavy atom. The van der Waals surface area contributed by atoms with Gasteiger partial charge in [0, 0.05) is 27.1 Å². The van der Waals surface area contributed by atoms with Crippen molar-refractivity contribution >= 4 is 11.5 Å². The van der Waals surface area contributed by atoms with Crippen molar-refractivity contribution in [3.05, 3.63) is 77.0 Å². The topological polar surface area (TPSA) is 62.9 Å². The molecule has 0 aromatic heterocycles. The number of ether oxygens (including phenoxy) is 1. The van der Waals surface area contributed by atoms with Crippen molar-refractivity contribution in [3.8, 4) is 0 Å². The van der Waals surface area contributed by atoms with E-state index in [-0.39, 0.29) is 12.1 Å². The van der Waals surface area contributed by atoms with Gasteiger partial charge in [-0.3, -0.25) is 0 Å². The largest absolute Gasteiger partial charge is 0.386 e. The van der Waals surface area contributed by atoms with Crippen molar-refractivity contribution in [2.24, 2.45) is 10.7 Å². The first-order valence-corrected chi connectivity index (χ1v) is 9.32. The smallest absolute Gasteiger partial charge is 0.119 e. The lowest BCUT2D eigenvalue weighted by Gasteiger charge is -2.25. The molecule has 1 heterocycles. The van der Waals surface area contributed by atoms with Gasteiger partial charge in [-0.05, 0) is 28.3 Å². The van der Waals surface area contributed by atoms with Crippen molar-refractivity contribution in [2.75, 3.05) is 20.7 Å². The third-order valence-corrected chi connectivity index (χ3v) is 5.40. The lowest BCUT2D eigenvalue weighted by atomic mass is 10.1. The molecule has 5 nitrogen and oxygen atoms in total. The van der Waals surface area contributed by atoms with Crippen molar-refractivity contribution in [3.63, 3.8) is 0 Å². The van der Waals surface area contributed by atoms with E-state index < -0.39 is 0 Å². The van der Waals surface area contributed by atoms with Gasteiger partial charge >= 0.3 is 0 Å². The second-order valence-electron chi connectivity index (χ2n) is 7.23. The maximum absolute atomic E-state index is 5.82. The number of nitrogens with two attached hydrogens (primary N) is 1. The molecular weight excluding hydrogens is 336 g/mol. The molecule has 0 fully saturated rings. The normalized spacial score (nSPS) is 21.6. The second-order valence-corrected chi connectivity index (χ2v) is 7.23. The Labute approximate surface area is 160 Å². The lowest BCUT2D eigenvalue weighted by molar-refractivity contribution is 0.0784. The van der Waals surface area contributed by atoms with Crippen LogP contribution in [0.5, 0.6) is 0 Å². The van der Waals surface area contributed by atoms with Crippen molar-refractivity contribution in [1.82, 2.24) is 10.2 Å². The van der Waals surface area contributed by atoms with Crippen LogP contribution in [0.4, 0.5) is 0 Å². The zero-order valence-electron chi connectivity index (χ0n) is 15.9. The van der Waals surface area contributed by atoms with Gasteiger partial charge in [0.1, 0.15) is 5.84 Å². The minimum Gasteiger partial charge on any atom is -0.386 e. The van der Waals surface area contributed by atoms with Gasteiger partial charge in [-0.2, -0.15) is 0 Å². The number of methoxy groups -OCH3 is 1. The van der Waals surface area contributed by atoms with Crippen LogP contribution in [-0.4, -0.2) is 37.5 Å². The monoisotopic (exact) mass is 362 g/mol. The van der Waals surface area contributed by atoms with Gasteiger partial charge in [0.05, 0.1) is 30.6 Å². The first-order chi connectivity index (χ1) is 13.2. The Kier molecular flexibility index (Phi) is 4.97. The molecule has 5 heteroatoms. The van der Waals surface area contributed by atoms with Gasteiger partial charge in [0.25, 0.3) is 0 Å². The maximum Gasteiger partial charge on any atom is 0.119 e. The zero-order chi connectivity index (χ0) is 18.8. The van der Waals surface area contributed by atoms with E-state index in [9.17, 15) is 0 Å². The molecule has 0 radical (unpaired) electrons. The molecule has 0 spiro atoms. The SMILES string of the molecule is CO[C@@H]1Cc2ccccc2[C@@H]1NCc1cccc(C2=CN=C(N)CN2C)c1. The lowest BCUT2D eigenvalue weighted by Crippen LogP contribution is -2.32. The number of nitrogens with zero attached hydrogens (tertiary/aromatic N) is 2. The van der Waals surface area contributed by atoms with Crippen LogP contribution < -0.4 is 11.1 Å². The summed E-state index contributed by atoms with van der Waals surface area (Å²) in [6.45, 7) is 1.44. The summed E-state index contributed by atoms with van der Waals surface area (Å²) in [7, 11) is 3.83. The summed E-state index contributed by atoms with van der Waals surface area (Å²) in [6, 6.07) is 17.4. The zero-order valence-corrected chi connectivity index (χ0v) is 15.9. The van der Waals surface area contributed by atoms with Crippen LogP contribution in [-0.2, 0) is 17.7 Å². The summed E-state index contributed by atoms with van der Waals surface area (Å²) in [4.78, 5) is 6.41. The molecule has 0 amide bonds. The fourth-order valence-corrected chi connectivity index (χ4v) is 3.99. The van der Waals surface area contributed by atoms with Crippen LogP contribution in [0.15, 0.2) is 59.7 Å². The first-order valence-electron chi connectivity index (χ1n) is 9.32. The van der Waals surface area contributed by atoms with Crippen LogP contribution >= 0.6 is 0 Å². The number of amidine groups is 1. The number of benzene rings is 2. The Morgan fingerprint density at radius 1 is 1.22 bits per heavy atom. The minimum atomic E-state index is 0.176. The minimum absolute atomic E-state index is 0.176. The van der Waals surface area contributed by atoms with Crippen molar-refractivity contribution in [2.45, 2.75) is 25.1 Å². The third kappa shape index (κ3) is 3.61.